The zero-order valence-electron chi connectivity index (χ0n) is 19.0. The van der Waals surface area contributed by atoms with Gasteiger partial charge in [0.1, 0.15) is 12.1 Å². The zero-order valence-corrected chi connectivity index (χ0v) is 22.1. The van der Waals surface area contributed by atoms with Crippen LogP contribution in [0.4, 0.5) is 0 Å². The molecule has 33 heavy (non-hydrogen) atoms. The van der Waals surface area contributed by atoms with Crippen LogP contribution in [0.25, 0.3) is 0 Å². The smallest absolute Gasteiger partial charge is 0.328 e. The molecule has 0 bridgehead atoms. The number of carbonyl (C=O) groups is 3. The van der Waals surface area contributed by atoms with E-state index in [0.29, 0.717) is 26.1 Å². The Kier molecular flexibility index (Phi) is 13.6. The van der Waals surface area contributed by atoms with Gasteiger partial charge in [-0.05, 0) is 55.7 Å². The molecule has 9 heteroatoms. The fraction of sp³-hybridized carbons (Fsp3) is 0.375. The van der Waals surface area contributed by atoms with Gasteiger partial charge in [-0.1, -0.05) is 56.1 Å². The van der Waals surface area contributed by atoms with Gasteiger partial charge in [-0.2, -0.15) is 0 Å². The SMILES string of the molecule is CCOC(=O)[C@@H](N)Cc1ccc(Br)cc1.CCOC(=O)[C@H](Cc1ccc(Br)cc1)NC(C)=O. The fourth-order valence-electron chi connectivity index (χ4n) is 2.74. The Bertz CT molecular complexity index is 889. The minimum atomic E-state index is -0.636. The Morgan fingerprint density at radius 3 is 1.67 bits per heavy atom. The Balaban J connectivity index is 0.000000335. The molecule has 0 aliphatic rings. The van der Waals surface area contributed by atoms with E-state index in [1.54, 1.807) is 13.8 Å². The first-order valence-corrected chi connectivity index (χ1v) is 12.1. The molecule has 0 aromatic heterocycles. The number of hydrogen-bond acceptors (Lipinski definition) is 6. The highest BCUT2D eigenvalue weighted by molar-refractivity contribution is 9.10. The van der Waals surface area contributed by atoms with Crippen LogP contribution < -0.4 is 11.1 Å². The van der Waals surface area contributed by atoms with Gasteiger partial charge in [-0.3, -0.25) is 9.59 Å². The first-order valence-electron chi connectivity index (χ1n) is 10.5. The second kappa shape index (κ2) is 15.6. The Morgan fingerprint density at radius 1 is 0.818 bits per heavy atom. The van der Waals surface area contributed by atoms with Gasteiger partial charge in [0.2, 0.25) is 5.91 Å². The molecule has 0 aliphatic heterocycles. The van der Waals surface area contributed by atoms with Gasteiger partial charge in [-0.25, -0.2) is 4.79 Å². The minimum Gasteiger partial charge on any atom is -0.465 e. The molecule has 0 saturated heterocycles. The van der Waals surface area contributed by atoms with Crippen molar-refractivity contribution in [2.45, 2.75) is 45.7 Å². The number of rotatable bonds is 9. The number of halogens is 2. The number of carbonyl (C=O) groups excluding carboxylic acids is 3. The summed E-state index contributed by atoms with van der Waals surface area (Å²) in [5, 5.41) is 2.60. The fourth-order valence-corrected chi connectivity index (χ4v) is 3.27. The van der Waals surface area contributed by atoms with Crippen LogP contribution in [0.5, 0.6) is 0 Å². The average molecular weight is 586 g/mol. The number of ether oxygens (including phenoxy) is 2. The molecule has 180 valence electrons. The molecule has 7 nitrogen and oxygen atoms in total. The molecule has 0 spiro atoms. The van der Waals surface area contributed by atoms with Gasteiger partial charge in [0.05, 0.1) is 13.2 Å². The highest BCUT2D eigenvalue weighted by atomic mass is 79.9. The lowest BCUT2D eigenvalue weighted by Crippen LogP contribution is -2.42. The molecule has 0 unspecified atom stereocenters. The number of amides is 1. The third kappa shape index (κ3) is 12.0. The predicted octanol–water partition coefficient (Wildman–Crippen LogP) is 3.94. The quantitative estimate of drug-likeness (QED) is 0.432. The summed E-state index contributed by atoms with van der Waals surface area (Å²) in [6.07, 6.45) is 0.928. The van der Waals surface area contributed by atoms with Crippen molar-refractivity contribution in [3.8, 4) is 0 Å². The van der Waals surface area contributed by atoms with Gasteiger partial charge < -0.3 is 20.5 Å². The largest absolute Gasteiger partial charge is 0.465 e. The number of benzene rings is 2. The van der Waals surface area contributed by atoms with Gasteiger partial charge in [0, 0.05) is 22.3 Å². The number of hydrogen-bond donors (Lipinski definition) is 2. The maximum Gasteiger partial charge on any atom is 0.328 e. The summed E-state index contributed by atoms with van der Waals surface area (Å²) < 4.78 is 11.7. The van der Waals surface area contributed by atoms with E-state index in [-0.39, 0.29) is 11.9 Å². The van der Waals surface area contributed by atoms with Crippen LogP contribution in [0.2, 0.25) is 0 Å². The molecule has 2 atom stereocenters. The van der Waals surface area contributed by atoms with Crippen molar-refractivity contribution < 1.29 is 23.9 Å². The molecule has 0 radical (unpaired) electrons. The summed E-state index contributed by atoms with van der Waals surface area (Å²) >= 11 is 6.69. The summed E-state index contributed by atoms with van der Waals surface area (Å²) in [6.45, 7) is 5.56. The van der Waals surface area contributed by atoms with Crippen molar-refractivity contribution in [3.05, 3.63) is 68.6 Å². The third-order valence-corrected chi connectivity index (χ3v) is 5.32. The van der Waals surface area contributed by atoms with E-state index in [1.165, 1.54) is 6.92 Å². The van der Waals surface area contributed by atoms with Crippen molar-refractivity contribution in [1.82, 2.24) is 5.32 Å². The maximum absolute atomic E-state index is 11.7. The van der Waals surface area contributed by atoms with E-state index in [0.717, 1.165) is 20.1 Å². The number of nitrogens with one attached hydrogen (secondary N) is 1. The summed E-state index contributed by atoms with van der Waals surface area (Å²) in [5.41, 5.74) is 7.68. The molecule has 2 aromatic carbocycles. The normalized spacial score (nSPS) is 11.9. The van der Waals surface area contributed by atoms with Crippen LogP contribution in [0, 0.1) is 0 Å². The van der Waals surface area contributed by atoms with Gasteiger partial charge in [0.25, 0.3) is 0 Å². The monoisotopic (exact) mass is 584 g/mol. The highest BCUT2D eigenvalue weighted by Crippen LogP contribution is 2.13. The highest BCUT2D eigenvalue weighted by Gasteiger charge is 2.21. The molecule has 0 saturated carbocycles. The van der Waals surface area contributed by atoms with Gasteiger partial charge in [0.15, 0.2) is 0 Å². The minimum absolute atomic E-state index is 0.245. The topological polar surface area (TPSA) is 108 Å². The van der Waals surface area contributed by atoms with Crippen molar-refractivity contribution in [2.24, 2.45) is 5.73 Å². The van der Waals surface area contributed by atoms with E-state index in [1.807, 2.05) is 48.5 Å². The van der Waals surface area contributed by atoms with E-state index < -0.39 is 18.1 Å². The van der Waals surface area contributed by atoms with Crippen molar-refractivity contribution in [3.63, 3.8) is 0 Å². The summed E-state index contributed by atoms with van der Waals surface area (Å²) in [5.74, 6) is -0.999. The van der Waals surface area contributed by atoms with Crippen molar-refractivity contribution in [1.29, 1.82) is 0 Å². The van der Waals surface area contributed by atoms with Crippen LogP contribution in [-0.2, 0) is 36.7 Å². The lowest BCUT2D eigenvalue weighted by molar-refractivity contribution is -0.147. The van der Waals surface area contributed by atoms with E-state index in [2.05, 4.69) is 37.2 Å². The second-order valence-electron chi connectivity index (χ2n) is 7.02. The van der Waals surface area contributed by atoms with Crippen molar-refractivity contribution in [2.75, 3.05) is 13.2 Å². The molecule has 0 fully saturated rings. The molecule has 0 aliphatic carbocycles. The zero-order chi connectivity index (χ0) is 24.8. The first-order chi connectivity index (χ1) is 15.7. The molecule has 2 rings (SSSR count). The standard InChI is InChI=1S/C13H16BrNO3.C11H14BrNO2/c1-3-18-13(17)12(15-9(2)16)8-10-4-6-11(14)7-5-10;1-2-15-11(14)10(13)7-8-3-5-9(12)6-4-8/h4-7,12H,3,8H2,1-2H3,(H,15,16);3-6,10H,2,7,13H2,1H3/t12-;10-/m00/s1. The Hall–Kier alpha value is -2.23. The molecular weight excluding hydrogens is 556 g/mol. The summed E-state index contributed by atoms with van der Waals surface area (Å²) in [7, 11) is 0. The summed E-state index contributed by atoms with van der Waals surface area (Å²) in [4.78, 5) is 34.0. The number of esters is 2. The second-order valence-corrected chi connectivity index (χ2v) is 8.86. The van der Waals surface area contributed by atoms with Crippen LogP contribution in [0.1, 0.15) is 31.9 Å². The van der Waals surface area contributed by atoms with E-state index >= 15 is 0 Å². The Labute approximate surface area is 211 Å². The van der Waals surface area contributed by atoms with E-state index in [9.17, 15) is 14.4 Å². The molecule has 1 amide bonds. The predicted molar refractivity (Wildman–Crippen MR) is 135 cm³/mol. The molecule has 0 heterocycles. The van der Waals surface area contributed by atoms with Gasteiger partial charge >= 0.3 is 11.9 Å². The van der Waals surface area contributed by atoms with Gasteiger partial charge in [-0.15, -0.1) is 0 Å². The molecule has 2 aromatic rings. The maximum atomic E-state index is 11.7. The van der Waals surface area contributed by atoms with Crippen molar-refractivity contribution >= 4 is 49.7 Å². The lowest BCUT2D eigenvalue weighted by atomic mass is 10.1. The first kappa shape index (κ1) is 28.8. The summed E-state index contributed by atoms with van der Waals surface area (Å²) in [6, 6.07) is 14.1. The third-order valence-electron chi connectivity index (χ3n) is 4.26. The van der Waals surface area contributed by atoms with Crippen LogP contribution in [0.15, 0.2) is 57.5 Å². The molecule has 3 N–H and O–H groups in total. The average Bonchev–Trinajstić information content (AvgIpc) is 2.77. The number of nitrogens with two attached hydrogens (primary N) is 1. The van der Waals surface area contributed by atoms with Crippen LogP contribution in [-0.4, -0.2) is 43.1 Å². The lowest BCUT2D eigenvalue weighted by Gasteiger charge is -2.16. The Morgan fingerprint density at radius 2 is 1.24 bits per heavy atom. The van der Waals surface area contributed by atoms with E-state index in [4.69, 9.17) is 15.2 Å². The molecular formula is C24H30Br2N2O5. The van der Waals surface area contributed by atoms with Crippen LogP contribution in [0.3, 0.4) is 0 Å². The van der Waals surface area contributed by atoms with Crippen LogP contribution >= 0.6 is 31.9 Å².